The molecule has 0 saturated heterocycles. The van der Waals surface area contributed by atoms with Gasteiger partial charge in [0, 0.05) is 13.6 Å². The number of nitrogens with one attached hydrogen (secondary N) is 1. The number of nitrogens with zero attached hydrogens (tertiary/aromatic N) is 1. The first-order chi connectivity index (χ1) is 16.2. The molecule has 0 radical (unpaired) electrons. The van der Waals surface area contributed by atoms with Crippen LogP contribution in [0.2, 0.25) is 0 Å². The molecular formula is C25H25FN2O5S. The molecule has 9 heteroatoms. The topological polar surface area (TPSA) is 92.8 Å². The highest BCUT2D eigenvalue weighted by atomic mass is 32.2. The first-order valence-corrected chi connectivity index (χ1v) is 11.9. The summed E-state index contributed by atoms with van der Waals surface area (Å²) in [6, 6.07) is 18.3. The average molecular weight is 485 g/mol. The summed E-state index contributed by atoms with van der Waals surface area (Å²) in [4.78, 5) is 24.3. The van der Waals surface area contributed by atoms with Gasteiger partial charge in [0.25, 0.3) is 15.9 Å². The van der Waals surface area contributed by atoms with E-state index in [1.807, 2.05) is 6.92 Å². The summed E-state index contributed by atoms with van der Waals surface area (Å²) in [5.41, 5.74) is 2.37. The van der Waals surface area contributed by atoms with E-state index in [0.29, 0.717) is 18.7 Å². The van der Waals surface area contributed by atoms with E-state index in [9.17, 15) is 22.4 Å². The summed E-state index contributed by atoms with van der Waals surface area (Å²) in [5.74, 6) is -1.49. The number of esters is 1. The van der Waals surface area contributed by atoms with Gasteiger partial charge in [0.2, 0.25) is 0 Å². The number of carbonyl (C=O) groups is 2. The number of sulfonamides is 1. The van der Waals surface area contributed by atoms with Gasteiger partial charge in [-0.1, -0.05) is 29.8 Å². The van der Waals surface area contributed by atoms with Crippen LogP contribution in [0.3, 0.4) is 0 Å². The van der Waals surface area contributed by atoms with Crippen LogP contribution in [0.25, 0.3) is 0 Å². The number of benzene rings is 3. The summed E-state index contributed by atoms with van der Waals surface area (Å²) >= 11 is 0. The Bertz CT molecular complexity index is 1240. The van der Waals surface area contributed by atoms with Gasteiger partial charge in [0.05, 0.1) is 16.1 Å². The lowest BCUT2D eigenvalue weighted by Crippen LogP contribution is -2.30. The zero-order valence-corrected chi connectivity index (χ0v) is 19.6. The van der Waals surface area contributed by atoms with E-state index in [4.69, 9.17) is 4.74 Å². The fourth-order valence-corrected chi connectivity index (χ4v) is 4.27. The maximum absolute atomic E-state index is 12.9. The van der Waals surface area contributed by atoms with Crippen molar-refractivity contribution in [2.75, 3.05) is 24.5 Å². The molecule has 0 heterocycles. The van der Waals surface area contributed by atoms with Crippen LogP contribution in [0.1, 0.15) is 21.5 Å². The number of anilines is 1. The molecular weight excluding hydrogens is 459 g/mol. The third kappa shape index (κ3) is 6.41. The van der Waals surface area contributed by atoms with Gasteiger partial charge in [-0.3, -0.25) is 9.10 Å². The van der Waals surface area contributed by atoms with Crippen LogP contribution in [-0.4, -0.2) is 40.5 Å². The average Bonchev–Trinajstić information content (AvgIpc) is 2.83. The van der Waals surface area contributed by atoms with Crippen molar-refractivity contribution >= 4 is 27.6 Å². The highest BCUT2D eigenvalue weighted by Crippen LogP contribution is 2.23. The van der Waals surface area contributed by atoms with Gasteiger partial charge >= 0.3 is 5.97 Å². The van der Waals surface area contributed by atoms with Crippen molar-refractivity contribution in [3.63, 3.8) is 0 Å². The second kappa shape index (κ2) is 10.9. The van der Waals surface area contributed by atoms with Gasteiger partial charge in [-0.2, -0.15) is 0 Å². The molecule has 3 rings (SSSR count). The van der Waals surface area contributed by atoms with Crippen molar-refractivity contribution in [3.8, 4) is 0 Å². The monoisotopic (exact) mass is 484 g/mol. The highest BCUT2D eigenvalue weighted by Gasteiger charge is 2.21. The predicted molar refractivity (Wildman–Crippen MR) is 127 cm³/mol. The number of ether oxygens (including phenoxy) is 1. The van der Waals surface area contributed by atoms with Crippen LogP contribution in [-0.2, 0) is 26.0 Å². The summed E-state index contributed by atoms with van der Waals surface area (Å²) in [5, 5.41) is 2.63. The molecule has 0 atom stereocenters. The van der Waals surface area contributed by atoms with Crippen LogP contribution in [0.5, 0.6) is 0 Å². The molecule has 34 heavy (non-hydrogen) atoms. The maximum Gasteiger partial charge on any atom is 0.338 e. The Balaban J connectivity index is 1.50. The predicted octanol–water partition coefficient (Wildman–Crippen LogP) is 3.47. The Morgan fingerprint density at radius 2 is 1.56 bits per heavy atom. The van der Waals surface area contributed by atoms with Crippen LogP contribution in [0, 0.1) is 12.7 Å². The highest BCUT2D eigenvalue weighted by molar-refractivity contribution is 7.92. The molecule has 0 bridgehead atoms. The first kappa shape index (κ1) is 24.9. The van der Waals surface area contributed by atoms with Crippen molar-refractivity contribution < 1.29 is 27.1 Å². The van der Waals surface area contributed by atoms with Gasteiger partial charge in [-0.05, 0) is 67.4 Å². The SMILES string of the molecule is Cc1ccc(S(=O)(=O)N(C)c2ccc(C(=O)OCC(=O)NCCc3ccc(F)cc3)cc2)cc1. The molecule has 1 amide bonds. The maximum atomic E-state index is 12.9. The molecule has 178 valence electrons. The van der Waals surface area contributed by atoms with Crippen molar-refractivity contribution in [1.82, 2.24) is 5.32 Å². The standard InChI is InChI=1S/C25H25FN2O5S/c1-18-3-13-23(14-4-18)34(31,32)28(2)22-11-7-20(8-12-22)25(30)33-17-24(29)27-16-15-19-5-9-21(26)10-6-19/h3-14H,15-17H2,1-2H3,(H,27,29). The molecule has 0 aliphatic carbocycles. The second-order valence-electron chi connectivity index (χ2n) is 7.64. The van der Waals surface area contributed by atoms with Crippen LogP contribution >= 0.6 is 0 Å². The smallest absolute Gasteiger partial charge is 0.338 e. The lowest BCUT2D eigenvalue weighted by Gasteiger charge is -2.19. The Morgan fingerprint density at radius 1 is 0.941 bits per heavy atom. The molecule has 3 aromatic carbocycles. The largest absolute Gasteiger partial charge is 0.452 e. The lowest BCUT2D eigenvalue weighted by atomic mass is 10.1. The lowest BCUT2D eigenvalue weighted by molar-refractivity contribution is -0.124. The van der Waals surface area contributed by atoms with Crippen molar-refractivity contribution in [1.29, 1.82) is 0 Å². The van der Waals surface area contributed by atoms with Crippen LogP contribution in [0.4, 0.5) is 10.1 Å². The summed E-state index contributed by atoms with van der Waals surface area (Å²) in [6.45, 7) is 1.74. The minimum Gasteiger partial charge on any atom is -0.452 e. The van der Waals surface area contributed by atoms with Crippen molar-refractivity contribution in [2.24, 2.45) is 0 Å². The minimum atomic E-state index is -3.75. The zero-order chi connectivity index (χ0) is 24.7. The number of hydrogen-bond donors (Lipinski definition) is 1. The van der Waals surface area contributed by atoms with E-state index in [-0.39, 0.29) is 16.3 Å². The summed E-state index contributed by atoms with van der Waals surface area (Å²) < 4.78 is 44.7. The third-order valence-corrected chi connectivity index (χ3v) is 6.93. The molecule has 7 nitrogen and oxygen atoms in total. The Hall–Kier alpha value is -3.72. The van der Waals surface area contributed by atoms with Gasteiger partial charge in [-0.15, -0.1) is 0 Å². The number of rotatable bonds is 9. The number of aryl methyl sites for hydroxylation is 1. The second-order valence-corrected chi connectivity index (χ2v) is 9.60. The molecule has 0 unspecified atom stereocenters. The van der Waals surface area contributed by atoms with E-state index in [2.05, 4.69) is 5.32 Å². The Kier molecular flexibility index (Phi) is 8.01. The van der Waals surface area contributed by atoms with E-state index in [1.54, 1.807) is 24.3 Å². The Labute approximate surface area is 198 Å². The van der Waals surface area contributed by atoms with Gasteiger partial charge < -0.3 is 10.1 Å². The first-order valence-electron chi connectivity index (χ1n) is 10.5. The van der Waals surface area contributed by atoms with E-state index in [1.165, 1.54) is 55.6 Å². The van der Waals surface area contributed by atoms with E-state index >= 15 is 0 Å². The zero-order valence-electron chi connectivity index (χ0n) is 18.8. The Morgan fingerprint density at radius 3 is 2.18 bits per heavy atom. The van der Waals surface area contributed by atoms with Crippen molar-refractivity contribution in [2.45, 2.75) is 18.2 Å². The normalized spacial score (nSPS) is 11.0. The minimum absolute atomic E-state index is 0.162. The quantitative estimate of drug-likeness (QED) is 0.470. The number of hydrogen-bond acceptors (Lipinski definition) is 5. The van der Waals surface area contributed by atoms with E-state index < -0.39 is 28.5 Å². The number of halogens is 1. The van der Waals surface area contributed by atoms with Gasteiger partial charge in [0.1, 0.15) is 5.82 Å². The van der Waals surface area contributed by atoms with Crippen LogP contribution in [0.15, 0.2) is 77.7 Å². The molecule has 0 aromatic heterocycles. The summed E-state index contributed by atoms with van der Waals surface area (Å²) in [6.07, 6.45) is 0.514. The molecule has 0 aliphatic heterocycles. The fourth-order valence-electron chi connectivity index (χ4n) is 3.08. The van der Waals surface area contributed by atoms with Crippen molar-refractivity contribution in [3.05, 3.63) is 95.3 Å². The number of amides is 1. The van der Waals surface area contributed by atoms with Gasteiger partial charge in [0.15, 0.2) is 6.61 Å². The van der Waals surface area contributed by atoms with Gasteiger partial charge in [-0.25, -0.2) is 17.6 Å². The third-order valence-electron chi connectivity index (χ3n) is 5.13. The number of carbonyl (C=O) groups excluding carboxylic acids is 2. The van der Waals surface area contributed by atoms with Crippen LogP contribution < -0.4 is 9.62 Å². The summed E-state index contributed by atoms with van der Waals surface area (Å²) in [7, 11) is -2.32. The molecule has 0 spiro atoms. The molecule has 0 saturated carbocycles. The molecule has 0 fully saturated rings. The molecule has 1 N–H and O–H groups in total. The molecule has 0 aliphatic rings. The fraction of sp³-hybridized carbons (Fsp3) is 0.200. The molecule has 3 aromatic rings. The van der Waals surface area contributed by atoms with E-state index in [0.717, 1.165) is 15.4 Å².